The molecule has 0 unspecified atom stereocenters. The van der Waals surface area contributed by atoms with E-state index in [0.717, 1.165) is 5.56 Å². The zero-order valence-electron chi connectivity index (χ0n) is 17.5. The van der Waals surface area contributed by atoms with Gasteiger partial charge in [-0.1, -0.05) is 30.3 Å². The summed E-state index contributed by atoms with van der Waals surface area (Å²) >= 11 is 0. The first-order valence-electron chi connectivity index (χ1n) is 9.68. The maximum Gasteiger partial charge on any atom is 0.197 e. The van der Waals surface area contributed by atoms with E-state index < -0.39 is 0 Å². The molecule has 0 atom stereocenters. The lowest BCUT2D eigenvalue weighted by atomic mass is 10.1. The fourth-order valence-corrected chi connectivity index (χ4v) is 3.33. The lowest BCUT2D eigenvalue weighted by Crippen LogP contribution is -2.05. The molecule has 0 bridgehead atoms. The van der Waals surface area contributed by atoms with E-state index in [1.807, 2.05) is 30.3 Å². The molecule has 6 heteroatoms. The minimum atomic E-state index is -0.211. The van der Waals surface area contributed by atoms with Crippen LogP contribution in [-0.4, -0.2) is 21.3 Å². The van der Waals surface area contributed by atoms with Gasteiger partial charge in [0.05, 0.1) is 21.3 Å². The highest BCUT2D eigenvalue weighted by molar-refractivity contribution is 5.86. The molecule has 0 radical (unpaired) electrons. The highest BCUT2D eigenvalue weighted by atomic mass is 16.5. The summed E-state index contributed by atoms with van der Waals surface area (Å²) in [6.07, 6.45) is 0. The summed E-state index contributed by atoms with van der Waals surface area (Å²) in [6.45, 7) is 0.319. The molecule has 0 aliphatic rings. The van der Waals surface area contributed by atoms with Crippen LogP contribution in [0.4, 0.5) is 0 Å². The van der Waals surface area contributed by atoms with Gasteiger partial charge in [-0.15, -0.1) is 0 Å². The van der Waals surface area contributed by atoms with Crippen molar-refractivity contribution in [3.8, 4) is 34.3 Å². The van der Waals surface area contributed by atoms with Crippen LogP contribution in [0.5, 0.6) is 23.0 Å². The number of ether oxygens (including phenoxy) is 4. The van der Waals surface area contributed by atoms with Crippen LogP contribution in [0.15, 0.2) is 75.9 Å². The number of benzene rings is 3. The Hall–Kier alpha value is -3.93. The monoisotopic (exact) mass is 418 g/mol. The van der Waals surface area contributed by atoms with Crippen LogP contribution < -0.4 is 24.4 Å². The van der Waals surface area contributed by atoms with Crippen molar-refractivity contribution >= 4 is 11.0 Å². The molecule has 0 N–H and O–H groups in total. The van der Waals surface area contributed by atoms with Crippen LogP contribution in [-0.2, 0) is 6.61 Å². The van der Waals surface area contributed by atoms with E-state index >= 15 is 0 Å². The lowest BCUT2D eigenvalue weighted by molar-refractivity contribution is 0.307. The minimum Gasteiger partial charge on any atom is -0.496 e. The van der Waals surface area contributed by atoms with Gasteiger partial charge < -0.3 is 23.4 Å². The second-order valence-corrected chi connectivity index (χ2v) is 6.82. The fraction of sp³-hybridized carbons (Fsp3) is 0.160. The summed E-state index contributed by atoms with van der Waals surface area (Å²) in [6, 6.07) is 19.9. The SMILES string of the molecule is COc1cc(OCc2ccccc2)c2c(=O)cc(-c3ccc(OC)c(OC)c3)oc2c1. The molecule has 0 fully saturated rings. The minimum absolute atomic E-state index is 0.211. The van der Waals surface area contributed by atoms with E-state index in [-0.39, 0.29) is 5.43 Å². The Balaban J connectivity index is 1.79. The van der Waals surface area contributed by atoms with Crippen molar-refractivity contribution < 1.29 is 23.4 Å². The number of hydrogen-bond donors (Lipinski definition) is 0. The van der Waals surface area contributed by atoms with Crippen molar-refractivity contribution in [3.05, 3.63) is 82.5 Å². The topological polar surface area (TPSA) is 67.1 Å². The molecule has 6 nitrogen and oxygen atoms in total. The molecule has 0 aliphatic carbocycles. The highest BCUT2D eigenvalue weighted by Gasteiger charge is 2.16. The smallest absolute Gasteiger partial charge is 0.197 e. The Morgan fingerprint density at radius 1 is 0.774 bits per heavy atom. The molecule has 3 aromatic carbocycles. The molecule has 158 valence electrons. The lowest BCUT2D eigenvalue weighted by Gasteiger charge is -2.12. The Bertz CT molecular complexity index is 1260. The first-order chi connectivity index (χ1) is 15.1. The Morgan fingerprint density at radius 2 is 1.55 bits per heavy atom. The van der Waals surface area contributed by atoms with Crippen molar-refractivity contribution in [2.45, 2.75) is 6.61 Å². The first-order valence-corrected chi connectivity index (χ1v) is 9.68. The summed E-state index contributed by atoms with van der Waals surface area (Å²) in [7, 11) is 4.68. The molecular weight excluding hydrogens is 396 g/mol. The van der Waals surface area contributed by atoms with Crippen molar-refractivity contribution in [2.24, 2.45) is 0 Å². The Kier molecular flexibility index (Phi) is 5.80. The fourth-order valence-electron chi connectivity index (χ4n) is 3.33. The van der Waals surface area contributed by atoms with Crippen LogP contribution in [0.3, 0.4) is 0 Å². The maximum absolute atomic E-state index is 13.0. The van der Waals surface area contributed by atoms with Gasteiger partial charge in [0.2, 0.25) is 0 Å². The predicted octanol–water partition coefficient (Wildman–Crippen LogP) is 5.06. The third-order valence-corrected chi connectivity index (χ3v) is 4.91. The van der Waals surface area contributed by atoms with Gasteiger partial charge in [0.15, 0.2) is 16.9 Å². The van der Waals surface area contributed by atoms with Crippen LogP contribution in [0.25, 0.3) is 22.3 Å². The number of rotatable bonds is 7. The molecule has 0 aliphatic heterocycles. The predicted molar refractivity (Wildman–Crippen MR) is 118 cm³/mol. The van der Waals surface area contributed by atoms with Crippen molar-refractivity contribution in [1.82, 2.24) is 0 Å². The molecule has 1 heterocycles. The van der Waals surface area contributed by atoms with Crippen LogP contribution >= 0.6 is 0 Å². The van der Waals surface area contributed by atoms with E-state index in [1.165, 1.54) is 6.07 Å². The zero-order valence-corrected chi connectivity index (χ0v) is 17.5. The highest BCUT2D eigenvalue weighted by Crippen LogP contribution is 2.35. The van der Waals surface area contributed by atoms with E-state index in [4.69, 9.17) is 23.4 Å². The standard InChI is InChI=1S/C25H22O6/c1-27-18-12-23(30-15-16-7-5-4-6-8-16)25-19(26)14-21(31-24(25)13-18)17-9-10-20(28-2)22(11-17)29-3/h4-14H,15H2,1-3H3. The third-order valence-electron chi connectivity index (χ3n) is 4.91. The molecule has 1 aromatic heterocycles. The van der Waals surface area contributed by atoms with Gasteiger partial charge in [0, 0.05) is 23.8 Å². The largest absolute Gasteiger partial charge is 0.496 e. The second-order valence-electron chi connectivity index (χ2n) is 6.82. The third kappa shape index (κ3) is 4.19. The van der Waals surface area contributed by atoms with Crippen LogP contribution in [0.2, 0.25) is 0 Å². The molecule has 31 heavy (non-hydrogen) atoms. The van der Waals surface area contributed by atoms with Gasteiger partial charge in [0.25, 0.3) is 0 Å². The molecule has 0 amide bonds. The summed E-state index contributed by atoms with van der Waals surface area (Å²) in [5.41, 5.74) is 1.84. The van der Waals surface area contributed by atoms with Gasteiger partial charge in [0.1, 0.15) is 34.8 Å². The van der Waals surface area contributed by atoms with Crippen LogP contribution in [0.1, 0.15) is 5.56 Å². The van der Waals surface area contributed by atoms with Crippen LogP contribution in [0, 0.1) is 0 Å². The molecular formula is C25H22O6. The number of fused-ring (bicyclic) bond motifs is 1. The normalized spacial score (nSPS) is 10.7. The molecule has 0 spiro atoms. The second kappa shape index (κ2) is 8.83. The summed E-state index contributed by atoms with van der Waals surface area (Å²) < 4.78 is 28.1. The average Bonchev–Trinajstić information content (AvgIpc) is 2.82. The van der Waals surface area contributed by atoms with Gasteiger partial charge >= 0.3 is 0 Å². The van der Waals surface area contributed by atoms with E-state index in [9.17, 15) is 4.79 Å². The summed E-state index contributed by atoms with van der Waals surface area (Å²) in [4.78, 5) is 13.0. The Morgan fingerprint density at radius 3 is 2.26 bits per heavy atom. The van der Waals surface area contributed by atoms with Gasteiger partial charge in [-0.2, -0.15) is 0 Å². The van der Waals surface area contributed by atoms with Crippen molar-refractivity contribution in [2.75, 3.05) is 21.3 Å². The maximum atomic E-state index is 13.0. The van der Waals surface area contributed by atoms with Gasteiger partial charge in [-0.25, -0.2) is 0 Å². The van der Waals surface area contributed by atoms with Crippen molar-refractivity contribution in [1.29, 1.82) is 0 Å². The molecule has 4 rings (SSSR count). The summed E-state index contributed by atoms with van der Waals surface area (Å²) in [5, 5.41) is 0.362. The molecule has 0 saturated heterocycles. The number of hydrogen-bond acceptors (Lipinski definition) is 6. The molecule has 0 saturated carbocycles. The number of methoxy groups -OCH3 is 3. The van der Waals surface area contributed by atoms with E-state index in [0.29, 0.717) is 51.9 Å². The quantitative estimate of drug-likeness (QED) is 0.418. The van der Waals surface area contributed by atoms with Crippen molar-refractivity contribution in [3.63, 3.8) is 0 Å². The Labute approximate surface area is 179 Å². The van der Waals surface area contributed by atoms with E-state index in [2.05, 4.69) is 0 Å². The zero-order chi connectivity index (χ0) is 21.8. The molecule has 4 aromatic rings. The first kappa shape index (κ1) is 20.3. The van der Waals surface area contributed by atoms with Gasteiger partial charge in [-0.05, 0) is 23.8 Å². The summed E-state index contributed by atoms with van der Waals surface area (Å²) in [5.74, 6) is 2.47. The van der Waals surface area contributed by atoms with E-state index in [1.54, 1.807) is 51.7 Å². The average molecular weight is 418 g/mol. The van der Waals surface area contributed by atoms with Gasteiger partial charge in [-0.3, -0.25) is 4.79 Å².